The summed E-state index contributed by atoms with van der Waals surface area (Å²) in [6.45, 7) is 2.28. The van der Waals surface area contributed by atoms with Gasteiger partial charge in [0.2, 0.25) is 0 Å². The Balaban J connectivity index is 1.54. The number of nitrogens with zero attached hydrogens (tertiary/aromatic N) is 1. The van der Waals surface area contributed by atoms with Gasteiger partial charge in [-0.3, -0.25) is 0 Å². The molecule has 22 heavy (non-hydrogen) atoms. The Kier molecular flexibility index (Phi) is 7.72. The van der Waals surface area contributed by atoms with Crippen molar-refractivity contribution in [1.29, 1.82) is 0 Å². The smallest absolute Gasteiger partial charge is 0.181 e. The van der Waals surface area contributed by atoms with Crippen molar-refractivity contribution in [3.8, 4) is 0 Å². The highest BCUT2D eigenvalue weighted by atomic mass is 32.1. The second kappa shape index (κ2) is 9.83. The van der Waals surface area contributed by atoms with Gasteiger partial charge in [-0.25, -0.2) is 4.98 Å². The second-order valence-electron chi connectivity index (χ2n) is 6.29. The topological polar surface area (TPSA) is 38.9 Å². The van der Waals surface area contributed by atoms with E-state index < -0.39 is 0 Å². The van der Waals surface area contributed by atoms with Gasteiger partial charge in [0.05, 0.1) is 10.2 Å². The number of nitrogens with two attached hydrogens (primary N) is 1. The minimum Gasteiger partial charge on any atom is -0.375 e. The Morgan fingerprint density at radius 3 is 2.23 bits per heavy atom. The molecule has 0 saturated heterocycles. The molecule has 1 aromatic heterocycles. The van der Waals surface area contributed by atoms with Crippen molar-refractivity contribution in [2.75, 3.05) is 5.73 Å². The van der Waals surface area contributed by atoms with Crippen LogP contribution in [0.1, 0.15) is 76.7 Å². The Morgan fingerprint density at radius 1 is 0.909 bits per heavy atom. The lowest BCUT2D eigenvalue weighted by Gasteiger charge is -2.03. The van der Waals surface area contributed by atoms with E-state index in [2.05, 4.69) is 30.1 Å². The molecule has 2 N–H and O–H groups in total. The number of unbranched alkanes of at least 4 members (excludes halogenated alkanes) is 9. The van der Waals surface area contributed by atoms with E-state index in [1.165, 1.54) is 80.9 Å². The fraction of sp³-hybridized carbons (Fsp3) is 0.632. The van der Waals surface area contributed by atoms with Crippen LogP contribution in [0.25, 0.3) is 10.2 Å². The molecule has 122 valence electrons. The van der Waals surface area contributed by atoms with Crippen molar-refractivity contribution >= 4 is 26.7 Å². The van der Waals surface area contributed by atoms with Gasteiger partial charge in [0.25, 0.3) is 0 Å². The molecule has 0 aliphatic rings. The highest BCUT2D eigenvalue weighted by molar-refractivity contribution is 7.22. The van der Waals surface area contributed by atoms with Gasteiger partial charge in [0, 0.05) is 0 Å². The fourth-order valence-corrected chi connectivity index (χ4v) is 3.76. The van der Waals surface area contributed by atoms with E-state index in [4.69, 9.17) is 5.73 Å². The monoisotopic (exact) mass is 318 g/mol. The van der Waals surface area contributed by atoms with E-state index in [9.17, 15) is 0 Å². The molecule has 0 amide bonds. The maximum Gasteiger partial charge on any atom is 0.181 e. The predicted octanol–water partition coefficient (Wildman–Crippen LogP) is 6.34. The summed E-state index contributed by atoms with van der Waals surface area (Å²) in [5.41, 5.74) is 8.22. The van der Waals surface area contributed by atoms with Crippen molar-refractivity contribution < 1.29 is 0 Å². The number of anilines is 1. The normalized spacial score (nSPS) is 11.3. The number of thiazole rings is 1. The van der Waals surface area contributed by atoms with Crippen LogP contribution in [0.3, 0.4) is 0 Å². The van der Waals surface area contributed by atoms with Crippen molar-refractivity contribution in [2.45, 2.75) is 77.6 Å². The van der Waals surface area contributed by atoms with E-state index in [-0.39, 0.29) is 0 Å². The zero-order valence-electron chi connectivity index (χ0n) is 13.9. The van der Waals surface area contributed by atoms with Gasteiger partial charge in [0.15, 0.2) is 5.13 Å². The van der Waals surface area contributed by atoms with E-state index in [0.29, 0.717) is 5.13 Å². The number of aromatic nitrogens is 1. The fourth-order valence-electron chi connectivity index (χ4n) is 2.96. The molecule has 0 atom stereocenters. The van der Waals surface area contributed by atoms with Crippen LogP contribution in [0.4, 0.5) is 5.13 Å². The third kappa shape index (κ3) is 5.96. The van der Waals surface area contributed by atoms with E-state index in [1.807, 2.05) is 0 Å². The maximum absolute atomic E-state index is 5.75. The Hall–Kier alpha value is -1.09. The molecular weight excluding hydrogens is 288 g/mol. The van der Waals surface area contributed by atoms with E-state index >= 15 is 0 Å². The van der Waals surface area contributed by atoms with Crippen molar-refractivity contribution in [3.63, 3.8) is 0 Å². The molecule has 0 aliphatic heterocycles. The highest BCUT2D eigenvalue weighted by Crippen LogP contribution is 2.25. The van der Waals surface area contributed by atoms with E-state index in [1.54, 1.807) is 11.3 Å². The van der Waals surface area contributed by atoms with Gasteiger partial charge in [-0.1, -0.05) is 82.1 Å². The van der Waals surface area contributed by atoms with Gasteiger partial charge in [-0.05, 0) is 30.5 Å². The molecule has 1 aromatic carbocycles. The Bertz CT molecular complexity index is 547. The lowest BCUT2D eigenvalue weighted by molar-refractivity contribution is 0.556. The summed E-state index contributed by atoms with van der Waals surface area (Å²) in [6.07, 6.45) is 15.1. The lowest BCUT2D eigenvalue weighted by Crippen LogP contribution is -1.86. The molecule has 0 saturated carbocycles. The second-order valence-corrected chi connectivity index (χ2v) is 7.35. The summed E-state index contributed by atoms with van der Waals surface area (Å²) in [5, 5.41) is 0.672. The molecule has 0 spiro atoms. The highest BCUT2D eigenvalue weighted by Gasteiger charge is 2.02. The summed E-state index contributed by atoms with van der Waals surface area (Å²) >= 11 is 1.59. The third-order valence-corrected chi connectivity index (χ3v) is 5.14. The first kappa shape index (κ1) is 17.3. The van der Waals surface area contributed by atoms with Crippen LogP contribution < -0.4 is 5.73 Å². The van der Waals surface area contributed by atoms with Crippen LogP contribution >= 0.6 is 11.3 Å². The first-order valence-electron chi connectivity index (χ1n) is 8.94. The molecule has 1 heterocycles. The largest absolute Gasteiger partial charge is 0.375 e. The average Bonchev–Trinajstić information content (AvgIpc) is 2.88. The van der Waals surface area contributed by atoms with Crippen LogP contribution in [-0.4, -0.2) is 4.98 Å². The molecular formula is C19H30N2S. The average molecular weight is 319 g/mol. The number of nitrogen functional groups attached to an aromatic ring is 1. The van der Waals surface area contributed by atoms with Gasteiger partial charge in [-0.15, -0.1) is 0 Å². The van der Waals surface area contributed by atoms with Gasteiger partial charge in [0.1, 0.15) is 0 Å². The van der Waals surface area contributed by atoms with Crippen molar-refractivity contribution in [2.24, 2.45) is 0 Å². The molecule has 0 radical (unpaired) electrons. The van der Waals surface area contributed by atoms with Gasteiger partial charge in [-0.2, -0.15) is 0 Å². The first-order chi connectivity index (χ1) is 10.8. The first-order valence-corrected chi connectivity index (χ1v) is 9.76. The lowest BCUT2D eigenvalue weighted by atomic mass is 10.0. The summed E-state index contributed by atoms with van der Waals surface area (Å²) in [4.78, 5) is 4.31. The van der Waals surface area contributed by atoms with Crippen LogP contribution in [0.5, 0.6) is 0 Å². The minimum atomic E-state index is 0.672. The van der Waals surface area contributed by atoms with Crippen molar-refractivity contribution in [1.82, 2.24) is 4.98 Å². The molecule has 0 fully saturated rings. The number of fused-ring (bicyclic) bond motifs is 1. The number of rotatable bonds is 11. The molecule has 0 aliphatic carbocycles. The SMILES string of the molecule is CCCCCCCCCCCCc1ccc2nc(N)sc2c1. The van der Waals surface area contributed by atoms with Gasteiger partial charge >= 0.3 is 0 Å². The summed E-state index contributed by atoms with van der Waals surface area (Å²) in [6, 6.07) is 6.57. The number of aryl methyl sites for hydroxylation is 1. The zero-order chi connectivity index (χ0) is 15.6. The number of hydrogen-bond acceptors (Lipinski definition) is 3. The van der Waals surface area contributed by atoms with E-state index in [0.717, 1.165) is 5.52 Å². The maximum atomic E-state index is 5.75. The molecule has 0 bridgehead atoms. The standard InChI is InChI=1S/C19H30N2S/c1-2-3-4-5-6-7-8-9-10-11-12-16-13-14-17-18(15-16)22-19(20)21-17/h13-15H,2-12H2,1H3,(H2,20,21). The minimum absolute atomic E-state index is 0.672. The number of benzene rings is 1. The summed E-state index contributed by atoms with van der Waals surface area (Å²) in [7, 11) is 0. The predicted molar refractivity (Wildman–Crippen MR) is 99.6 cm³/mol. The summed E-state index contributed by atoms with van der Waals surface area (Å²) < 4.78 is 1.22. The third-order valence-electron chi connectivity index (χ3n) is 4.29. The van der Waals surface area contributed by atoms with Crippen LogP contribution in [0, 0.1) is 0 Å². The van der Waals surface area contributed by atoms with Crippen LogP contribution in [0.2, 0.25) is 0 Å². The molecule has 2 nitrogen and oxygen atoms in total. The van der Waals surface area contributed by atoms with Gasteiger partial charge < -0.3 is 5.73 Å². The van der Waals surface area contributed by atoms with Crippen molar-refractivity contribution in [3.05, 3.63) is 23.8 Å². The molecule has 0 unspecified atom stereocenters. The summed E-state index contributed by atoms with van der Waals surface area (Å²) in [5.74, 6) is 0. The molecule has 3 heteroatoms. The molecule has 2 aromatic rings. The van der Waals surface area contributed by atoms with Crippen LogP contribution in [0.15, 0.2) is 18.2 Å². The van der Waals surface area contributed by atoms with Crippen LogP contribution in [-0.2, 0) is 6.42 Å². The molecule has 2 rings (SSSR count). The number of hydrogen-bond donors (Lipinski definition) is 1. The quantitative estimate of drug-likeness (QED) is 0.491. The Labute approximate surface area is 139 Å². The Morgan fingerprint density at radius 2 is 1.55 bits per heavy atom. The zero-order valence-corrected chi connectivity index (χ0v) is 14.8.